The maximum absolute atomic E-state index is 10.6. The molecule has 1 atom stereocenters. The van der Waals surface area contributed by atoms with Crippen molar-refractivity contribution in [2.24, 2.45) is 11.7 Å². The van der Waals surface area contributed by atoms with Crippen molar-refractivity contribution in [3.63, 3.8) is 0 Å². The van der Waals surface area contributed by atoms with Crippen molar-refractivity contribution >= 4 is 0 Å². The lowest BCUT2D eigenvalue weighted by Gasteiger charge is -2.27. The summed E-state index contributed by atoms with van der Waals surface area (Å²) in [5.41, 5.74) is 5.65. The molecule has 1 saturated carbocycles. The zero-order valence-corrected chi connectivity index (χ0v) is 11.6. The molecule has 0 heterocycles. The Kier molecular flexibility index (Phi) is 5.37. The molecule has 1 aliphatic rings. The van der Waals surface area contributed by atoms with E-state index in [9.17, 15) is 5.11 Å². The molecule has 0 aliphatic heterocycles. The normalized spacial score (nSPS) is 19.5. The van der Waals surface area contributed by atoms with Crippen LogP contribution in [0.1, 0.15) is 37.7 Å². The average molecular weight is 263 g/mol. The lowest BCUT2D eigenvalue weighted by Crippen LogP contribution is -2.36. The van der Waals surface area contributed by atoms with E-state index >= 15 is 0 Å². The van der Waals surface area contributed by atoms with Crippen LogP contribution in [0.3, 0.4) is 0 Å². The van der Waals surface area contributed by atoms with Crippen molar-refractivity contribution in [2.45, 2.75) is 37.7 Å². The molecule has 3 heteroatoms. The van der Waals surface area contributed by atoms with Gasteiger partial charge < -0.3 is 15.6 Å². The molecule has 0 aromatic heterocycles. The molecule has 0 amide bonds. The first-order chi connectivity index (χ1) is 9.24. The fourth-order valence-electron chi connectivity index (χ4n) is 2.78. The zero-order chi connectivity index (χ0) is 13.6. The molecule has 0 spiro atoms. The van der Waals surface area contributed by atoms with E-state index in [-0.39, 0.29) is 6.54 Å². The van der Waals surface area contributed by atoms with E-state index in [4.69, 9.17) is 10.5 Å². The van der Waals surface area contributed by atoms with Crippen molar-refractivity contribution in [1.29, 1.82) is 0 Å². The largest absolute Gasteiger partial charge is 0.384 e. The lowest BCUT2D eigenvalue weighted by molar-refractivity contribution is -0.00298. The molecule has 1 aromatic rings. The van der Waals surface area contributed by atoms with Gasteiger partial charge in [-0.05, 0) is 24.3 Å². The molecule has 0 bridgehead atoms. The highest BCUT2D eigenvalue weighted by atomic mass is 16.5. The van der Waals surface area contributed by atoms with Gasteiger partial charge in [0.15, 0.2) is 0 Å². The number of benzene rings is 1. The molecule has 1 aliphatic carbocycles. The zero-order valence-electron chi connectivity index (χ0n) is 11.6. The predicted octanol–water partition coefficient (Wildman–Crippen LogP) is 2.43. The van der Waals surface area contributed by atoms with Crippen LogP contribution >= 0.6 is 0 Å². The van der Waals surface area contributed by atoms with Crippen LogP contribution in [-0.2, 0) is 10.3 Å². The topological polar surface area (TPSA) is 55.5 Å². The Morgan fingerprint density at radius 1 is 1.21 bits per heavy atom. The molecule has 19 heavy (non-hydrogen) atoms. The first kappa shape index (κ1) is 14.5. The van der Waals surface area contributed by atoms with Gasteiger partial charge in [0.25, 0.3) is 0 Å². The predicted molar refractivity (Wildman–Crippen MR) is 76.8 cm³/mol. The maximum atomic E-state index is 10.6. The summed E-state index contributed by atoms with van der Waals surface area (Å²) in [4.78, 5) is 0. The summed E-state index contributed by atoms with van der Waals surface area (Å²) in [7, 11) is 0. The molecule has 1 unspecified atom stereocenters. The summed E-state index contributed by atoms with van der Waals surface area (Å²) in [6.07, 6.45) is 5.81. The fourth-order valence-corrected chi connectivity index (χ4v) is 2.78. The summed E-state index contributed by atoms with van der Waals surface area (Å²) in [5, 5.41) is 10.6. The highest BCUT2D eigenvalue weighted by molar-refractivity contribution is 5.22. The summed E-state index contributed by atoms with van der Waals surface area (Å²) in [5.74, 6) is 0.725. The smallest absolute Gasteiger partial charge is 0.104 e. The van der Waals surface area contributed by atoms with Gasteiger partial charge in [-0.3, -0.25) is 0 Å². The van der Waals surface area contributed by atoms with Crippen LogP contribution in [0.25, 0.3) is 0 Å². The maximum Gasteiger partial charge on any atom is 0.104 e. The molecular formula is C16H25NO2. The van der Waals surface area contributed by atoms with Crippen molar-refractivity contribution in [2.75, 3.05) is 19.8 Å². The van der Waals surface area contributed by atoms with Crippen LogP contribution in [0, 0.1) is 5.92 Å². The molecule has 0 radical (unpaired) electrons. The summed E-state index contributed by atoms with van der Waals surface area (Å²) in [6.45, 7) is 1.62. The highest BCUT2D eigenvalue weighted by Gasteiger charge is 2.27. The number of nitrogens with two attached hydrogens (primary N) is 1. The van der Waals surface area contributed by atoms with Crippen LogP contribution in [0.15, 0.2) is 30.3 Å². The standard InChI is InChI=1S/C16H25NO2/c17-13-16(18,15-8-2-1-3-9-15)10-11-19-12-14-6-4-5-7-14/h1-3,8-9,14,18H,4-7,10-13,17H2. The van der Waals surface area contributed by atoms with Gasteiger partial charge in [-0.25, -0.2) is 0 Å². The van der Waals surface area contributed by atoms with E-state index in [2.05, 4.69) is 0 Å². The van der Waals surface area contributed by atoms with Crippen molar-refractivity contribution in [1.82, 2.24) is 0 Å². The van der Waals surface area contributed by atoms with Gasteiger partial charge in [-0.1, -0.05) is 43.2 Å². The molecule has 106 valence electrons. The Labute approximate surface area is 115 Å². The second kappa shape index (κ2) is 7.04. The third-order valence-corrected chi connectivity index (χ3v) is 4.14. The molecule has 1 fully saturated rings. The molecule has 0 saturated heterocycles. The first-order valence-electron chi connectivity index (χ1n) is 7.30. The van der Waals surface area contributed by atoms with E-state index in [0.717, 1.165) is 18.1 Å². The minimum atomic E-state index is -0.961. The van der Waals surface area contributed by atoms with Crippen molar-refractivity contribution < 1.29 is 9.84 Å². The highest BCUT2D eigenvalue weighted by Crippen LogP contribution is 2.26. The number of rotatable bonds is 7. The summed E-state index contributed by atoms with van der Waals surface area (Å²) >= 11 is 0. The molecule has 3 nitrogen and oxygen atoms in total. The summed E-state index contributed by atoms with van der Waals surface area (Å²) in [6, 6.07) is 9.63. The lowest BCUT2D eigenvalue weighted by atomic mass is 9.91. The third kappa shape index (κ3) is 4.03. The number of hydrogen-bond acceptors (Lipinski definition) is 3. The molecular weight excluding hydrogens is 238 g/mol. The molecule has 3 N–H and O–H groups in total. The Bertz CT molecular complexity index is 362. The van der Waals surface area contributed by atoms with Crippen LogP contribution in [-0.4, -0.2) is 24.9 Å². The van der Waals surface area contributed by atoms with Crippen LogP contribution in [0.2, 0.25) is 0 Å². The second-order valence-corrected chi connectivity index (χ2v) is 5.58. The number of ether oxygens (including phenoxy) is 1. The Balaban J connectivity index is 1.78. The van der Waals surface area contributed by atoms with Crippen LogP contribution in [0.5, 0.6) is 0 Å². The molecule has 2 rings (SSSR count). The van der Waals surface area contributed by atoms with Gasteiger partial charge in [0.1, 0.15) is 5.60 Å². The minimum Gasteiger partial charge on any atom is -0.384 e. The van der Waals surface area contributed by atoms with E-state index < -0.39 is 5.60 Å². The van der Waals surface area contributed by atoms with Gasteiger partial charge in [-0.2, -0.15) is 0 Å². The first-order valence-corrected chi connectivity index (χ1v) is 7.30. The van der Waals surface area contributed by atoms with E-state index in [0.29, 0.717) is 13.0 Å². The summed E-state index contributed by atoms with van der Waals surface area (Å²) < 4.78 is 5.72. The number of aliphatic hydroxyl groups is 1. The van der Waals surface area contributed by atoms with Crippen LogP contribution < -0.4 is 5.73 Å². The van der Waals surface area contributed by atoms with Gasteiger partial charge in [0.05, 0.1) is 0 Å². The molecule has 1 aromatic carbocycles. The SMILES string of the molecule is NCC(O)(CCOCC1CCCC1)c1ccccc1. The van der Waals surface area contributed by atoms with E-state index in [1.54, 1.807) is 0 Å². The van der Waals surface area contributed by atoms with Gasteiger partial charge >= 0.3 is 0 Å². The van der Waals surface area contributed by atoms with Crippen molar-refractivity contribution in [3.8, 4) is 0 Å². The monoisotopic (exact) mass is 263 g/mol. The third-order valence-electron chi connectivity index (χ3n) is 4.14. The minimum absolute atomic E-state index is 0.226. The second-order valence-electron chi connectivity index (χ2n) is 5.58. The van der Waals surface area contributed by atoms with Gasteiger partial charge in [0.2, 0.25) is 0 Å². The van der Waals surface area contributed by atoms with E-state index in [1.807, 2.05) is 30.3 Å². The average Bonchev–Trinajstić information content (AvgIpc) is 2.97. The fraction of sp³-hybridized carbons (Fsp3) is 0.625. The number of hydrogen-bond donors (Lipinski definition) is 2. The Morgan fingerprint density at radius 2 is 1.89 bits per heavy atom. The van der Waals surface area contributed by atoms with Crippen LogP contribution in [0.4, 0.5) is 0 Å². The van der Waals surface area contributed by atoms with Gasteiger partial charge in [0, 0.05) is 26.2 Å². The Morgan fingerprint density at radius 3 is 2.53 bits per heavy atom. The van der Waals surface area contributed by atoms with Gasteiger partial charge in [-0.15, -0.1) is 0 Å². The quantitative estimate of drug-likeness (QED) is 0.743. The Hall–Kier alpha value is -0.900. The van der Waals surface area contributed by atoms with E-state index in [1.165, 1.54) is 25.7 Å². The van der Waals surface area contributed by atoms with Crippen molar-refractivity contribution in [3.05, 3.63) is 35.9 Å².